The molecule has 0 aliphatic carbocycles. The molecule has 1 atom stereocenters. The molecular weight excluding hydrogens is 282 g/mol. The summed E-state index contributed by atoms with van der Waals surface area (Å²) >= 11 is 0. The summed E-state index contributed by atoms with van der Waals surface area (Å²) in [7, 11) is 0. The average Bonchev–Trinajstić information content (AvgIpc) is 2.42. The second kappa shape index (κ2) is 7.48. The molecule has 0 radical (unpaired) electrons. The summed E-state index contributed by atoms with van der Waals surface area (Å²) in [6.07, 6.45) is 0.811. The van der Waals surface area contributed by atoms with Gasteiger partial charge in [-0.15, -0.1) is 0 Å². The number of hydrogen-bond acceptors (Lipinski definition) is 4. The van der Waals surface area contributed by atoms with Crippen molar-refractivity contribution in [3.05, 3.63) is 0 Å². The van der Waals surface area contributed by atoms with Crippen LogP contribution in [-0.2, 0) is 9.53 Å². The Morgan fingerprint density at radius 1 is 1.27 bits per heavy atom. The third-order valence-corrected chi connectivity index (χ3v) is 3.59. The molecule has 6 nitrogen and oxygen atoms in total. The van der Waals surface area contributed by atoms with E-state index < -0.39 is 17.7 Å². The lowest BCUT2D eigenvalue weighted by Gasteiger charge is -2.34. The Labute approximate surface area is 132 Å². The summed E-state index contributed by atoms with van der Waals surface area (Å²) in [5.74, 6) is -0.105. The molecule has 1 heterocycles. The molecule has 2 amide bonds. The molecule has 1 N–H and O–H groups in total. The molecule has 1 aliphatic heterocycles. The fourth-order valence-corrected chi connectivity index (χ4v) is 2.37. The van der Waals surface area contributed by atoms with Crippen molar-refractivity contribution in [1.29, 1.82) is 5.26 Å². The zero-order valence-electron chi connectivity index (χ0n) is 14.2. The second-order valence-corrected chi connectivity index (χ2v) is 7.10. The van der Waals surface area contributed by atoms with Gasteiger partial charge in [0, 0.05) is 19.0 Å². The zero-order valence-corrected chi connectivity index (χ0v) is 14.2. The van der Waals surface area contributed by atoms with Crippen molar-refractivity contribution < 1.29 is 14.3 Å². The Morgan fingerprint density at radius 2 is 1.82 bits per heavy atom. The normalized spacial score (nSPS) is 17.8. The number of hydrogen-bond donors (Lipinski definition) is 1. The molecule has 1 saturated heterocycles. The third kappa shape index (κ3) is 5.55. The molecular formula is C16H27N3O3. The number of likely N-dealkylation sites (tertiary alicyclic amines) is 1. The van der Waals surface area contributed by atoms with E-state index in [0.717, 1.165) is 0 Å². The second-order valence-electron chi connectivity index (χ2n) is 7.10. The van der Waals surface area contributed by atoms with Gasteiger partial charge in [0.15, 0.2) is 0 Å². The van der Waals surface area contributed by atoms with Gasteiger partial charge < -0.3 is 15.0 Å². The number of nitrogens with one attached hydrogen (secondary N) is 1. The first kappa shape index (κ1) is 18.3. The maximum absolute atomic E-state index is 12.6. The molecule has 1 fully saturated rings. The quantitative estimate of drug-likeness (QED) is 0.867. The van der Waals surface area contributed by atoms with E-state index in [2.05, 4.69) is 11.4 Å². The van der Waals surface area contributed by atoms with E-state index in [0.29, 0.717) is 25.9 Å². The first-order valence-corrected chi connectivity index (χ1v) is 7.82. The standard InChI is InChI=1S/C16H27N3O3/c1-11(2)13(18-15(21)22-16(3,4)5)14(20)19-8-6-12(10-17)7-9-19/h11-13H,6-9H2,1-5H3,(H,18,21)/t13-/m1/s1. The van der Waals surface area contributed by atoms with Gasteiger partial charge in [0.25, 0.3) is 0 Å². The molecule has 124 valence electrons. The summed E-state index contributed by atoms with van der Waals surface area (Å²) < 4.78 is 5.23. The fraction of sp³-hybridized carbons (Fsp3) is 0.812. The Kier molecular flexibility index (Phi) is 6.21. The molecule has 6 heteroatoms. The molecule has 0 unspecified atom stereocenters. The summed E-state index contributed by atoms with van der Waals surface area (Å²) in [6, 6.07) is 1.64. The number of rotatable bonds is 3. The topological polar surface area (TPSA) is 82.4 Å². The van der Waals surface area contributed by atoms with Crippen LogP contribution in [0, 0.1) is 23.2 Å². The largest absolute Gasteiger partial charge is 0.444 e. The predicted octanol–water partition coefficient (Wildman–Crippen LogP) is 2.30. The number of alkyl carbamates (subject to hydrolysis) is 1. The highest BCUT2D eigenvalue weighted by atomic mass is 16.6. The van der Waals surface area contributed by atoms with Crippen molar-refractivity contribution in [1.82, 2.24) is 10.2 Å². The third-order valence-electron chi connectivity index (χ3n) is 3.59. The summed E-state index contributed by atoms with van der Waals surface area (Å²) in [5.41, 5.74) is -0.597. The van der Waals surface area contributed by atoms with E-state index in [9.17, 15) is 9.59 Å². The fourth-order valence-electron chi connectivity index (χ4n) is 2.37. The van der Waals surface area contributed by atoms with Gasteiger partial charge in [-0.25, -0.2) is 4.79 Å². The first-order valence-electron chi connectivity index (χ1n) is 7.82. The number of nitrogens with zero attached hydrogens (tertiary/aromatic N) is 2. The lowest BCUT2D eigenvalue weighted by molar-refractivity contribution is -0.135. The highest BCUT2D eigenvalue weighted by Crippen LogP contribution is 2.18. The summed E-state index contributed by atoms with van der Waals surface area (Å²) in [5, 5.41) is 11.6. The molecule has 1 aliphatic rings. The number of ether oxygens (including phenoxy) is 1. The van der Waals surface area contributed by atoms with Crippen LogP contribution in [0.15, 0.2) is 0 Å². The van der Waals surface area contributed by atoms with Gasteiger partial charge in [0.2, 0.25) is 5.91 Å². The number of nitriles is 1. The minimum Gasteiger partial charge on any atom is -0.444 e. The van der Waals surface area contributed by atoms with Crippen LogP contribution in [0.25, 0.3) is 0 Å². The minimum absolute atomic E-state index is 0.0281. The van der Waals surface area contributed by atoms with E-state index in [4.69, 9.17) is 10.00 Å². The maximum Gasteiger partial charge on any atom is 0.408 e. The van der Waals surface area contributed by atoms with Crippen molar-refractivity contribution in [3.63, 3.8) is 0 Å². The first-order chi connectivity index (χ1) is 10.1. The van der Waals surface area contributed by atoms with Crippen LogP contribution < -0.4 is 5.32 Å². The molecule has 0 aromatic heterocycles. The van der Waals surface area contributed by atoms with E-state index in [1.54, 1.807) is 25.7 Å². The van der Waals surface area contributed by atoms with Gasteiger partial charge in [-0.05, 0) is 39.5 Å². The van der Waals surface area contributed by atoms with Gasteiger partial charge in [0.05, 0.1) is 6.07 Å². The maximum atomic E-state index is 12.6. The molecule has 0 bridgehead atoms. The van der Waals surface area contributed by atoms with Gasteiger partial charge in [-0.1, -0.05) is 13.8 Å². The predicted molar refractivity (Wildman–Crippen MR) is 82.9 cm³/mol. The van der Waals surface area contributed by atoms with Crippen LogP contribution in [0.1, 0.15) is 47.5 Å². The highest BCUT2D eigenvalue weighted by molar-refractivity contribution is 5.86. The van der Waals surface area contributed by atoms with Crippen LogP contribution in [0.2, 0.25) is 0 Å². The van der Waals surface area contributed by atoms with Crippen LogP contribution in [-0.4, -0.2) is 41.6 Å². The monoisotopic (exact) mass is 309 g/mol. The molecule has 0 saturated carbocycles. The van der Waals surface area contributed by atoms with E-state index in [-0.39, 0.29) is 17.7 Å². The van der Waals surface area contributed by atoms with Crippen LogP contribution in [0.3, 0.4) is 0 Å². The zero-order chi connectivity index (χ0) is 16.9. The van der Waals surface area contributed by atoms with E-state index >= 15 is 0 Å². The Bertz CT molecular complexity index is 441. The number of piperidine rings is 1. The van der Waals surface area contributed by atoms with Crippen LogP contribution in [0.4, 0.5) is 4.79 Å². The number of amides is 2. The van der Waals surface area contributed by atoms with Crippen molar-refractivity contribution >= 4 is 12.0 Å². The summed E-state index contributed by atoms with van der Waals surface area (Å²) in [4.78, 5) is 26.3. The SMILES string of the molecule is CC(C)[C@@H](NC(=O)OC(C)(C)C)C(=O)N1CCC(C#N)CC1. The van der Waals surface area contributed by atoms with Crippen LogP contribution >= 0.6 is 0 Å². The van der Waals surface area contributed by atoms with Crippen molar-refractivity contribution in [3.8, 4) is 6.07 Å². The van der Waals surface area contributed by atoms with Gasteiger partial charge in [-0.3, -0.25) is 4.79 Å². The van der Waals surface area contributed by atoms with Crippen LogP contribution in [0.5, 0.6) is 0 Å². The average molecular weight is 309 g/mol. The molecule has 1 rings (SSSR count). The molecule has 0 aromatic carbocycles. The molecule has 0 spiro atoms. The van der Waals surface area contributed by atoms with E-state index in [1.165, 1.54) is 0 Å². The summed E-state index contributed by atoms with van der Waals surface area (Å²) in [6.45, 7) is 10.3. The van der Waals surface area contributed by atoms with E-state index in [1.807, 2.05) is 13.8 Å². The minimum atomic E-state index is -0.603. The lowest BCUT2D eigenvalue weighted by Crippen LogP contribution is -2.53. The van der Waals surface area contributed by atoms with Crippen molar-refractivity contribution in [2.45, 2.75) is 59.1 Å². The Morgan fingerprint density at radius 3 is 2.23 bits per heavy atom. The van der Waals surface area contributed by atoms with Gasteiger partial charge >= 0.3 is 6.09 Å². The number of carbonyl (C=O) groups is 2. The highest BCUT2D eigenvalue weighted by Gasteiger charge is 2.32. The molecule has 0 aromatic rings. The smallest absolute Gasteiger partial charge is 0.408 e. The number of carbonyl (C=O) groups excluding carboxylic acids is 2. The van der Waals surface area contributed by atoms with Crippen molar-refractivity contribution in [2.75, 3.05) is 13.1 Å². The molecule has 22 heavy (non-hydrogen) atoms. The Balaban J connectivity index is 2.65. The van der Waals surface area contributed by atoms with Gasteiger partial charge in [0.1, 0.15) is 11.6 Å². The van der Waals surface area contributed by atoms with Gasteiger partial charge in [-0.2, -0.15) is 5.26 Å². The Hall–Kier alpha value is -1.77. The van der Waals surface area contributed by atoms with Crippen molar-refractivity contribution in [2.24, 2.45) is 11.8 Å². The lowest BCUT2D eigenvalue weighted by atomic mass is 9.96.